The number of nitrogens with one attached hydrogen (secondary N) is 1. The molecule has 0 atom stereocenters. The summed E-state index contributed by atoms with van der Waals surface area (Å²) in [6.07, 6.45) is 0. The molecule has 7 nitrogen and oxygen atoms in total. The monoisotopic (exact) mass is 270 g/mol. The second-order valence-corrected chi connectivity index (χ2v) is 3.59. The van der Waals surface area contributed by atoms with Gasteiger partial charge in [0, 0.05) is 12.1 Å². The average molecular weight is 270 g/mol. The van der Waals surface area contributed by atoms with Gasteiger partial charge < -0.3 is 19.9 Å². The fraction of sp³-hybridized carbons (Fsp3) is 0.417. The molecule has 0 aliphatic heterocycles. The largest absolute Gasteiger partial charge is 0.496 e. The molecule has 0 radical (unpaired) electrons. The Morgan fingerprint density at radius 1 is 1.16 bits per heavy atom. The van der Waals surface area contributed by atoms with Crippen molar-refractivity contribution in [3.63, 3.8) is 0 Å². The number of carbonyl (C=O) groups is 1. The van der Waals surface area contributed by atoms with Crippen LogP contribution in [0, 0.1) is 0 Å². The van der Waals surface area contributed by atoms with Crippen LogP contribution in [0.3, 0.4) is 0 Å². The molecule has 0 heterocycles. The van der Waals surface area contributed by atoms with Crippen molar-refractivity contribution in [2.45, 2.75) is 6.54 Å². The summed E-state index contributed by atoms with van der Waals surface area (Å²) in [5.41, 5.74) is 8.32. The maximum absolute atomic E-state index is 10.5. The standard InChI is InChI=1S/C12H18N2O5/c1-16-8-4-10(17-2)9(11(5-8)18-3)6-14-19-7-12(13)15/h4-5,14H,6-7H2,1-3H3,(H2,13,15). The van der Waals surface area contributed by atoms with Crippen molar-refractivity contribution >= 4 is 5.91 Å². The molecule has 0 unspecified atom stereocenters. The minimum absolute atomic E-state index is 0.208. The van der Waals surface area contributed by atoms with E-state index < -0.39 is 5.91 Å². The first-order valence-electron chi connectivity index (χ1n) is 5.54. The van der Waals surface area contributed by atoms with E-state index in [4.69, 9.17) is 24.8 Å². The number of hydrogen-bond acceptors (Lipinski definition) is 6. The van der Waals surface area contributed by atoms with E-state index in [-0.39, 0.29) is 6.61 Å². The van der Waals surface area contributed by atoms with Crippen LogP contribution in [0.1, 0.15) is 5.56 Å². The van der Waals surface area contributed by atoms with Gasteiger partial charge >= 0.3 is 0 Å². The van der Waals surface area contributed by atoms with Crippen molar-refractivity contribution in [1.82, 2.24) is 5.48 Å². The van der Waals surface area contributed by atoms with Gasteiger partial charge in [-0.05, 0) is 0 Å². The first kappa shape index (κ1) is 15.1. The Hall–Kier alpha value is -1.99. The van der Waals surface area contributed by atoms with Crippen molar-refractivity contribution in [2.24, 2.45) is 5.73 Å². The predicted octanol–water partition coefficient (Wildman–Crippen LogP) is 0.219. The molecule has 0 aromatic heterocycles. The summed E-state index contributed by atoms with van der Waals surface area (Å²) >= 11 is 0. The van der Waals surface area contributed by atoms with E-state index in [0.717, 1.165) is 5.56 Å². The molecule has 0 spiro atoms. The van der Waals surface area contributed by atoms with Gasteiger partial charge in [0.2, 0.25) is 5.91 Å². The number of hydroxylamine groups is 1. The lowest BCUT2D eigenvalue weighted by molar-refractivity contribution is -0.125. The summed E-state index contributed by atoms with van der Waals surface area (Å²) < 4.78 is 15.7. The van der Waals surface area contributed by atoms with E-state index in [0.29, 0.717) is 23.8 Å². The van der Waals surface area contributed by atoms with Crippen LogP contribution in [-0.2, 0) is 16.2 Å². The van der Waals surface area contributed by atoms with Crippen LogP contribution in [0.25, 0.3) is 0 Å². The number of hydrogen-bond donors (Lipinski definition) is 2. The number of rotatable bonds is 8. The van der Waals surface area contributed by atoms with Crippen LogP contribution in [0.5, 0.6) is 17.2 Å². The summed E-state index contributed by atoms with van der Waals surface area (Å²) in [5, 5.41) is 0. The predicted molar refractivity (Wildman–Crippen MR) is 68.1 cm³/mol. The lowest BCUT2D eigenvalue weighted by Gasteiger charge is -2.15. The lowest BCUT2D eigenvalue weighted by atomic mass is 10.1. The molecule has 19 heavy (non-hydrogen) atoms. The average Bonchev–Trinajstić information content (AvgIpc) is 2.42. The van der Waals surface area contributed by atoms with Gasteiger partial charge in [0.1, 0.15) is 23.9 Å². The highest BCUT2D eigenvalue weighted by Crippen LogP contribution is 2.33. The Labute approximate surface area is 111 Å². The molecule has 0 bridgehead atoms. The van der Waals surface area contributed by atoms with E-state index in [1.54, 1.807) is 33.5 Å². The number of ether oxygens (including phenoxy) is 3. The number of nitrogens with two attached hydrogens (primary N) is 1. The maximum Gasteiger partial charge on any atom is 0.245 e. The first-order valence-corrected chi connectivity index (χ1v) is 5.54. The minimum atomic E-state index is -0.554. The molecular weight excluding hydrogens is 252 g/mol. The highest BCUT2D eigenvalue weighted by molar-refractivity contribution is 5.74. The van der Waals surface area contributed by atoms with Crippen molar-refractivity contribution in [1.29, 1.82) is 0 Å². The Bertz CT molecular complexity index is 411. The molecule has 0 fully saturated rings. The quantitative estimate of drug-likeness (QED) is 0.518. The zero-order valence-electron chi connectivity index (χ0n) is 11.2. The number of amides is 1. The van der Waals surface area contributed by atoms with Gasteiger partial charge in [0.15, 0.2) is 0 Å². The van der Waals surface area contributed by atoms with Gasteiger partial charge in [-0.1, -0.05) is 0 Å². The third-order valence-electron chi connectivity index (χ3n) is 2.38. The van der Waals surface area contributed by atoms with E-state index in [2.05, 4.69) is 5.48 Å². The molecule has 0 aliphatic carbocycles. The smallest absolute Gasteiger partial charge is 0.245 e. The topological polar surface area (TPSA) is 92.0 Å². The van der Waals surface area contributed by atoms with Crippen LogP contribution >= 0.6 is 0 Å². The third kappa shape index (κ3) is 4.31. The number of carbonyl (C=O) groups excluding carboxylic acids is 1. The van der Waals surface area contributed by atoms with Crippen LogP contribution in [0.2, 0.25) is 0 Å². The molecule has 0 saturated carbocycles. The summed E-state index contributed by atoms with van der Waals surface area (Å²) in [6.45, 7) is 0.0877. The second-order valence-electron chi connectivity index (χ2n) is 3.59. The van der Waals surface area contributed by atoms with Gasteiger partial charge in [-0.15, -0.1) is 0 Å². The normalized spacial score (nSPS) is 10.1. The Balaban J connectivity index is 2.82. The highest BCUT2D eigenvalue weighted by atomic mass is 16.6. The number of benzene rings is 1. The summed E-state index contributed by atoms with van der Waals surface area (Å²) in [6, 6.07) is 3.46. The zero-order chi connectivity index (χ0) is 14.3. The molecule has 0 saturated heterocycles. The molecule has 3 N–H and O–H groups in total. The molecule has 7 heteroatoms. The minimum Gasteiger partial charge on any atom is -0.496 e. The third-order valence-corrected chi connectivity index (χ3v) is 2.38. The van der Waals surface area contributed by atoms with Gasteiger partial charge in [-0.3, -0.25) is 9.63 Å². The number of methoxy groups -OCH3 is 3. The van der Waals surface area contributed by atoms with E-state index >= 15 is 0 Å². The van der Waals surface area contributed by atoms with Gasteiger partial charge in [0.05, 0.1) is 33.4 Å². The van der Waals surface area contributed by atoms with E-state index in [1.807, 2.05) is 0 Å². The number of primary amides is 1. The van der Waals surface area contributed by atoms with Gasteiger partial charge in [0.25, 0.3) is 0 Å². The molecule has 1 aromatic carbocycles. The van der Waals surface area contributed by atoms with Crippen molar-refractivity contribution < 1.29 is 23.8 Å². The van der Waals surface area contributed by atoms with Crippen LogP contribution < -0.4 is 25.4 Å². The molecule has 1 rings (SSSR count). The first-order chi connectivity index (χ1) is 9.12. The maximum atomic E-state index is 10.5. The molecule has 106 valence electrons. The fourth-order valence-corrected chi connectivity index (χ4v) is 1.50. The summed E-state index contributed by atoms with van der Waals surface area (Å²) in [4.78, 5) is 15.4. The van der Waals surface area contributed by atoms with Gasteiger partial charge in [-0.2, -0.15) is 5.48 Å². The van der Waals surface area contributed by atoms with Crippen LogP contribution in [0.15, 0.2) is 12.1 Å². The Morgan fingerprint density at radius 2 is 1.74 bits per heavy atom. The molecule has 1 aromatic rings. The summed E-state index contributed by atoms with van der Waals surface area (Å²) in [7, 11) is 4.64. The lowest BCUT2D eigenvalue weighted by Crippen LogP contribution is -2.24. The second kappa shape index (κ2) is 7.45. The highest BCUT2D eigenvalue weighted by Gasteiger charge is 2.13. The van der Waals surface area contributed by atoms with Crippen LogP contribution in [0.4, 0.5) is 0 Å². The molecule has 0 aliphatic rings. The van der Waals surface area contributed by atoms with Crippen molar-refractivity contribution in [3.05, 3.63) is 17.7 Å². The SMILES string of the molecule is COc1cc(OC)c(CNOCC(N)=O)c(OC)c1. The Kier molecular flexibility index (Phi) is 5.91. The van der Waals surface area contributed by atoms with Gasteiger partial charge in [-0.25, -0.2) is 0 Å². The van der Waals surface area contributed by atoms with Crippen molar-refractivity contribution in [2.75, 3.05) is 27.9 Å². The molecular formula is C12H18N2O5. The van der Waals surface area contributed by atoms with E-state index in [1.165, 1.54) is 0 Å². The van der Waals surface area contributed by atoms with Crippen LogP contribution in [-0.4, -0.2) is 33.8 Å². The summed E-state index contributed by atoms with van der Waals surface area (Å²) in [5.74, 6) is 1.24. The zero-order valence-corrected chi connectivity index (χ0v) is 11.2. The van der Waals surface area contributed by atoms with Crippen molar-refractivity contribution in [3.8, 4) is 17.2 Å². The fourth-order valence-electron chi connectivity index (χ4n) is 1.50. The molecule has 1 amide bonds. The Morgan fingerprint density at radius 3 is 2.16 bits per heavy atom. The van der Waals surface area contributed by atoms with E-state index in [9.17, 15) is 4.79 Å².